The van der Waals surface area contributed by atoms with Crippen LogP contribution >= 0.6 is 0 Å². The summed E-state index contributed by atoms with van der Waals surface area (Å²) in [5.41, 5.74) is -0.287. The van der Waals surface area contributed by atoms with E-state index in [0.717, 1.165) is 12.1 Å². The Kier molecular flexibility index (Phi) is 5.58. The van der Waals surface area contributed by atoms with Crippen LogP contribution in [0.5, 0.6) is 0 Å². The highest BCUT2D eigenvalue weighted by Crippen LogP contribution is 2.32. The van der Waals surface area contributed by atoms with Gasteiger partial charge in [0, 0.05) is 0 Å². The number of halogens is 3. The smallest absolute Gasteiger partial charge is 0.348 e. The molecule has 130 valence electrons. The Bertz CT molecular complexity index is 668. The third-order valence-electron chi connectivity index (χ3n) is 3.43. The molecule has 0 spiro atoms. The predicted molar refractivity (Wildman–Crippen MR) is 81.8 cm³/mol. The molecule has 1 heterocycles. The van der Waals surface area contributed by atoms with Crippen LogP contribution in [0.1, 0.15) is 37.4 Å². The van der Waals surface area contributed by atoms with Gasteiger partial charge in [-0.3, -0.25) is 4.79 Å². The Morgan fingerprint density at radius 2 is 2.08 bits per heavy atom. The molecule has 2 rings (SSSR count). The van der Waals surface area contributed by atoms with E-state index in [0.29, 0.717) is 12.0 Å². The number of nitrogens with zero attached hydrogens (tertiary/aromatic N) is 3. The van der Waals surface area contributed by atoms with Crippen LogP contribution < -0.4 is 5.32 Å². The van der Waals surface area contributed by atoms with Gasteiger partial charge in [0.2, 0.25) is 5.91 Å². The summed E-state index contributed by atoms with van der Waals surface area (Å²) in [6.07, 6.45) is -1.17. The summed E-state index contributed by atoms with van der Waals surface area (Å²) >= 11 is 0. The van der Waals surface area contributed by atoms with Crippen molar-refractivity contribution in [1.29, 1.82) is 0 Å². The van der Waals surface area contributed by atoms with Crippen LogP contribution in [0.3, 0.4) is 0 Å². The maximum Gasteiger partial charge on any atom is 0.416 e. The highest BCUT2D eigenvalue weighted by molar-refractivity contribution is 5.76. The normalized spacial score (nSPS) is 13.1. The average molecular weight is 340 g/mol. The first-order chi connectivity index (χ1) is 11.3. The van der Waals surface area contributed by atoms with Gasteiger partial charge < -0.3 is 5.32 Å². The highest BCUT2D eigenvalue weighted by atomic mass is 19.4. The molecule has 1 N–H and O–H groups in total. The van der Waals surface area contributed by atoms with Gasteiger partial charge in [0.1, 0.15) is 19.2 Å². The second kappa shape index (κ2) is 7.46. The molecule has 0 saturated carbocycles. The third-order valence-corrected chi connectivity index (χ3v) is 3.43. The summed E-state index contributed by atoms with van der Waals surface area (Å²) in [5, 5.41) is 6.63. The second-order valence-corrected chi connectivity index (χ2v) is 5.97. The largest absolute Gasteiger partial charge is 0.416 e. The number of rotatable bonds is 6. The van der Waals surface area contributed by atoms with Gasteiger partial charge in [-0.15, -0.1) is 0 Å². The number of carbonyl (C=O) groups is 1. The van der Waals surface area contributed by atoms with Crippen LogP contribution in [0.4, 0.5) is 13.2 Å². The van der Waals surface area contributed by atoms with E-state index in [1.165, 1.54) is 23.4 Å². The van der Waals surface area contributed by atoms with E-state index in [-0.39, 0.29) is 18.4 Å². The van der Waals surface area contributed by atoms with Crippen molar-refractivity contribution >= 4 is 5.91 Å². The zero-order valence-corrected chi connectivity index (χ0v) is 13.4. The van der Waals surface area contributed by atoms with E-state index in [1.807, 2.05) is 13.8 Å². The quantitative estimate of drug-likeness (QED) is 0.878. The molecule has 1 amide bonds. The Hall–Kier alpha value is -2.38. The minimum atomic E-state index is -4.41. The number of hydrogen-bond donors (Lipinski definition) is 1. The molecule has 0 fully saturated rings. The van der Waals surface area contributed by atoms with Crippen molar-refractivity contribution in [2.75, 3.05) is 0 Å². The van der Waals surface area contributed by atoms with E-state index < -0.39 is 17.8 Å². The van der Waals surface area contributed by atoms with Gasteiger partial charge in [-0.2, -0.15) is 18.3 Å². The maximum absolute atomic E-state index is 12.9. The van der Waals surface area contributed by atoms with Crippen molar-refractivity contribution in [2.45, 2.75) is 39.0 Å². The standard InChI is InChI=1S/C16H19F3N4O/c1-11(2)6-14(22-15(24)8-23-10-20-9-21-23)12-4-3-5-13(7-12)16(17,18)19/h3-5,7,9-11,14H,6,8H2,1-2H3,(H,22,24)/t14-/m1/s1. The van der Waals surface area contributed by atoms with E-state index in [9.17, 15) is 18.0 Å². The third kappa shape index (κ3) is 5.07. The number of nitrogens with one attached hydrogen (secondary N) is 1. The van der Waals surface area contributed by atoms with Crippen LogP contribution in [0.25, 0.3) is 0 Å². The first-order valence-corrected chi connectivity index (χ1v) is 7.54. The number of amides is 1. The van der Waals surface area contributed by atoms with Crippen LogP contribution in [0, 0.1) is 5.92 Å². The predicted octanol–water partition coefficient (Wildman–Crippen LogP) is 3.20. The Labute approximate surface area is 137 Å². The van der Waals surface area contributed by atoms with Gasteiger partial charge in [0.25, 0.3) is 0 Å². The SMILES string of the molecule is CC(C)C[C@@H](NC(=O)Cn1cncn1)c1cccc(C(F)(F)F)c1. The summed E-state index contributed by atoms with van der Waals surface area (Å²) in [6, 6.07) is 4.56. The summed E-state index contributed by atoms with van der Waals surface area (Å²) in [7, 11) is 0. The van der Waals surface area contributed by atoms with E-state index in [4.69, 9.17) is 0 Å². The monoisotopic (exact) mass is 340 g/mol. The van der Waals surface area contributed by atoms with Crippen molar-refractivity contribution in [2.24, 2.45) is 5.92 Å². The topological polar surface area (TPSA) is 59.8 Å². The number of benzene rings is 1. The van der Waals surface area contributed by atoms with Gasteiger partial charge in [-0.1, -0.05) is 26.0 Å². The molecule has 5 nitrogen and oxygen atoms in total. The molecule has 0 aliphatic rings. The molecule has 2 aromatic rings. The number of carbonyl (C=O) groups excluding carboxylic acids is 1. The summed E-state index contributed by atoms with van der Waals surface area (Å²) < 4.78 is 40.1. The Morgan fingerprint density at radius 3 is 2.67 bits per heavy atom. The molecule has 0 bridgehead atoms. The minimum absolute atomic E-state index is 0.0342. The van der Waals surface area contributed by atoms with Gasteiger partial charge in [0.05, 0.1) is 11.6 Å². The second-order valence-electron chi connectivity index (χ2n) is 5.97. The lowest BCUT2D eigenvalue weighted by Gasteiger charge is -2.22. The van der Waals surface area contributed by atoms with Crippen molar-refractivity contribution in [3.05, 3.63) is 48.0 Å². The van der Waals surface area contributed by atoms with Crippen molar-refractivity contribution in [3.63, 3.8) is 0 Å². The Balaban J connectivity index is 2.17. The number of hydrogen-bond acceptors (Lipinski definition) is 3. The Morgan fingerprint density at radius 1 is 1.33 bits per heavy atom. The molecule has 8 heteroatoms. The van der Waals surface area contributed by atoms with Crippen molar-refractivity contribution in [3.8, 4) is 0 Å². The lowest BCUT2D eigenvalue weighted by molar-refractivity contribution is -0.137. The fraction of sp³-hybridized carbons (Fsp3) is 0.438. The lowest BCUT2D eigenvalue weighted by Crippen LogP contribution is -2.32. The molecule has 1 aromatic carbocycles. The van der Waals surface area contributed by atoms with Crippen LogP contribution in [-0.2, 0) is 17.5 Å². The summed E-state index contributed by atoms with van der Waals surface area (Å²) in [6.45, 7) is 3.86. The fourth-order valence-electron chi connectivity index (χ4n) is 2.38. The van der Waals surface area contributed by atoms with E-state index >= 15 is 0 Å². The molecule has 0 aliphatic carbocycles. The van der Waals surface area contributed by atoms with Crippen molar-refractivity contribution in [1.82, 2.24) is 20.1 Å². The molecule has 1 atom stereocenters. The average Bonchev–Trinajstić information content (AvgIpc) is 2.98. The van der Waals surface area contributed by atoms with E-state index in [2.05, 4.69) is 15.4 Å². The molecule has 1 aromatic heterocycles. The molecule has 0 radical (unpaired) electrons. The van der Waals surface area contributed by atoms with Crippen LogP contribution in [0.15, 0.2) is 36.9 Å². The zero-order chi connectivity index (χ0) is 17.7. The van der Waals surface area contributed by atoms with E-state index in [1.54, 1.807) is 6.07 Å². The molecular weight excluding hydrogens is 321 g/mol. The lowest BCUT2D eigenvalue weighted by atomic mass is 9.95. The number of aromatic nitrogens is 3. The fourth-order valence-corrected chi connectivity index (χ4v) is 2.38. The summed E-state index contributed by atoms with van der Waals surface area (Å²) in [4.78, 5) is 15.9. The minimum Gasteiger partial charge on any atom is -0.348 e. The highest BCUT2D eigenvalue weighted by Gasteiger charge is 2.31. The van der Waals surface area contributed by atoms with Crippen molar-refractivity contribution < 1.29 is 18.0 Å². The van der Waals surface area contributed by atoms with Crippen LogP contribution in [-0.4, -0.2) is 20.7 Å². The molecule has 0 saturated heterocycles. The van der Waals surface area contributed by atoms with Gasteiger partial charge in [0.15, 0.2) is 0 Å². The van der Waals surface area contributed by atoms with Gasteiger partial charge in [-0.05, 0) is 30.0 Å². The zero-order valence-electron chi connectivity index (χ0n) is 13.4. The summed E-state index contributed by atoms with van der Waals surface area (Å²) in [5.74, 6) is -0.125. The molecule has 0 unspecified atom stereocenters. The number of alkyl halides is 3. The molecule has 0 aliphatic heterocycles. The molecule has 24 heavy (non-hydrogen) atoms. The first kappa shape index (κ1) is 18.0. The molecular formula is C16H19F3N4O. The van der Waals surface area contributed by atoms with Gasteiger partial charge >= 0.3 is 6.18 Å². The first-order valence-electron chi connectivity index (χ1n) is 7.54. The van der Waals surface area contributed by atoms with Crippen LogP contribution in [0.2, 0.25) is 0 Å². The van der Waals surface area contributed by atoms with Gasteiger partial charge in [-0.25, -0.2) is 9.67 Å². The maximum atomic E-state index is 12.9.